The second-order valence-corrected chi connectivity index (χ2v) is 6.10. The van der Waals surface area contributed by atoms with Gasteiger partial charge < -0.3 is 20.5 Å². The fraction of sp³-hybridized carbons (Fsp3) is 0.500. The Bertz CT molecular complexity index is 522. The highest BCUT2D eigenvalue weighted by Crippen LogP contribution is 2.16. The molecule has 0 aliphatic carbocycles. The van der Waals surface area contributed by atoms with Crippen LogP contribution in [0.25, 0.3) is 0 Å². The van der Waals surface area contributed by atoms with E-state index in [0.717, 1.165) is 11.4 Å². The van der Waals surface area contributed by atoms with E-state index in [0.29, 0.717) is 0 Å². The summed E-state index contributed by atoms with van der Waals surface area (Å²) in [6.07, 6.45) is 0.124. The number of hydrogen-bond acceptors (Lipinski definition) is 4. The molecule has 1 rings (SSSR count). The summed E-state index contributed by atoms with van der Waals surface area (Å²) in [6, 6.07) is 7.33. The Balaban J connectivity index is 0.00000484. The van der Waals surface area contributed by atoms with Crippen LogP contribution in [-0.2, 0) is 9.53 Å². The Kier molecular flexibility index (Phi) is 8.96. The maximum atomic E-state index is 11.5. The Morgan fingerprint density at radius 3 is 2.30 bits per heavy atom. The van der Waals surface area contributed by atoms with Gasteiger partial charge in [0, 0.05) is 5.69 Å². The van der Waals surface area contributed by atoms with Gasteiger partial charge in [-0.3, -0.25) is 4.79 Å². The lowest BCUT2D eigenvalue weighted by Crippen LogP contribution is -2.28. The van der Waals surface area contributed by atoms with Crippen LogP contribution in [0.1, 0.15) is 34.6 Å². The minimum atomic E-state index is -0.527. The fourth-order valence-corrected chi connectivity index (χ4v) is 1.60. The number of benzene rings is 1. The first-order valence-corrected chi connectivity index (χ1v) is 7.21. The number of rotatable bonds is 5. The molecule has 0 spiro atoms. The lowest BCUT2D eigenvalue weighted by atomic mass is 10.2. The third-order valence-electron chi connectivity index (χ3n) is 2.30. The molecule has 0 aliphatic heterocycles. The maximum Gasteiger partial charge on any atom is 0.328 e. The van der Waals surface area contributed by atoms with E-state index in [4.69, 9.17) is 15.2 Å². The number of carbonyl (C=O) groups is 1. The van der Waals surface area contributed by atoms with Gasteiger partial charge in [0.05, 0.1) is 6.10 Å². The summed E-state index contributed by atoms with van der Waals surface area (Å²) in [6.45, 7) is 9.22. The molecule has 0 unspecified atom stereocenters. The summed E-state index contributed by atoms with van der Waals surface area (Å²) in [5.41, 5.74) is 5.97. The van der Waals surface area contributed by atoms with Crippen molar-refractivity contribution in [2.24, 2.45) is 10.7 Å². The molecule has 3 N–H and O–H groups in total. The molecule has 23 heavy (non-hydrogen) atoms. The maximum absolute atomic E-state index is 11.5. The Labute approximate surface area is 154 Å². The molecule has 130 valence electrons. The van der Waals surface area contributed by atoms with Crippen molar-refractivity contribution < 1.29 is 14.3 Å². The average Bonchev–Trinajstić information content (AvgIpc) is 2.36. The van der Waals surface area contributed by atoms with Gasteiger partial charge >= 0.3 is 5.97 Å². The molecule has 1 aromatic rings. The van der Waals surface area contributed by atoms with Gasteiger partial charge in [-0.05, 0) is 58.9 Å². The third kappa shape index (κ3) is 9.98. The van der Waals surface area contributed by atoms with E-state index < -0.39 is 11.6 Å². The number of guanidine groups is 1. The molecular formula is C16H26IN3O3. The SMILES string of the molecule is CC(C)Oc1ccc(NC(N)=NCC(=O)OC(C)(C)C)cc1.I. The number of aliphatic imine (C=N–C) groups is 1. The number of nitrogens with zero attached hydrogens (tertiary/aromatic N) is 1. The molecule has 6 nitrogen and oxygen atoms in total. The number of anilines is 1. The zero-order chi connectivity index (χ0) is 16.8. The summed E-state index contributed by atoms with van der Waals surface area (Å²) in [5.74, 6) is 0.520. The van der Waals surface area contributed by atoms with E-state index in [9.17, 15) is 4.79 Å². The molecule has 0 radical (unpaired) electrons. The number of nitrogens with two attached hydrogens (primary N) is 1. The van der Waals surface area contributed by atoms with Crippen LogP contribution in [0.4, 0.5) is 5.69 Å². The molecule has 0 saturated carbocycles. The summed E-state index contributed by atoms with van der Waals surface area (Å²) in [7, 11) is 0. The second kappa shape index (κ2) is 9.59. The van der Waals surface area contributed by atoms with Crippen molar-refractivity contribution in [3.63, 3.8) is 0 Å². The Hall–Kier alpha value is -1.51. The highest BCUT2D eigenvalue weighted by Gasteiger charge is 2.15. The second-order valence-electron chi connectivity index (χ2n) is 6.10. The molecule has 1 aromatic carbocycles. The zero-order valence-corrected chi connectivity index (χ0v) is 16.6. The predicted octanol–water partition coefficient (Wildman–Crippen LogP) is 3.16. The summed E-state index contributed by atoms with van der Waals surface area (Å²) < 4.78 is 10.7. The molecule has 0 atom stereocenters. The van der Waals surface area contributed by atoms with E-state index in [2.05, 4.69) is 10.3 Å². The molecule has 0 saturated heterocycles. The molecule has 0 amide bonds. The fourth-order valence-electron chi connectivity index (χ4n) is 1.60. The van der Waals surface area contributed by atoms with Crippen LogP contribution < -0.4 is 15.8 Å². The number of carbonyl (C=O) groups excluding carboxylic acids is 1. The third-order valence-corrected chi connectivity index (χ3v) is 2.30. The standard InChI is InChI=1S/C16H25N3O3.HI/c1-11(2)21-13-8-6-12(7-9-13)19-15(17)18-10-14(20)22-16(3,4)5;/h6-9,11H,10H2,1-5H3,(H3,17,18,19);1H. The van der Waals surface area contributed by atoms with Gasteiger partial charge in [-0.1, -0.05) is 0 Å². The quantitative estimate of drug-likeness (QED) is 0.321. The van der Waals surface area contributed by atoms with Crippen LogP contribution in [-0.4, -0.2) is 30.2 Å². The highest BCUT2D eigenvalue weighted by molar-refractivity contribution is 14.0. The normalized spacial score (nSPS) is 11.7. The largest absolute Gasteiger partial charge is 0.491 e. The number of ether oxygens (including phenoxy) is 2. The zero-order valence-electron chi connectivity index (χ0n) is 14.3. The summed E-state index contributed by atoms with van der Waals surface area (Å²) in [5, 5.41) is 2.91. The highest BCUT2D eigenvalue weighted by atomic mass is 127. The van der Waals surface area contributed by atoms with Crippen LogP contribution in [0.15, 0.2) is 29.3 Å². The average molecular weight is 435 g/mol. The van der Waals surface area contributed by atoms with Crippen LogP contribution in [0.3, 0.4) is 0 Å². The molecule has 7 heteroatoms. The molecule has 0 heterocycles. The molecule has 0 aromatic heterocycles. The first-order chi connectivity index (χ1) is 10.2. The number of nitrogens with one attached hydrogen (secondary N) is 1. The van der Waals surface area contributed by atoms with Gasteiger partial charge in [0.15, 0.2) is 5.96 Å². The molecule has 0 bridgehead atoms. The van der Waals surface area contributed by atoms with Crippen molar-refractivity contribution in [1.82, 2.24) is 0 Å². The van der Waals surface area contributed by atoms with Crippen molar-refractivity contribution >= 4 is 41.6 Å². The summed E-state index contributed by atoms with van der Waals surface area (Å²) >= 11 is 0. The van der Waals surface area contributed by atoms with Gasteiger partial charge in [-0.25, -0.2) is 4.99 Å². The predicted molar refractivity (Wildman–Crippen MR) is 104 cm³/mol. The molecule has 0 aliphatic rings. The lowest BCUT2D eigenvalue weighted by Gasteiger charge is -2.18. The van der Waals surface area contributed by atoms with Crippen molar-refractivity contribution in [2.45, 2.75) is 46.3 Å². The van der Waals surface area contributed by atoms with E-state index in [1.807, 2.05) is 38.1 Å². The molecular weight excluding hydrogens is 409 g/mol. The van der Waals surface area contributed by atoms with Crippen LogP contribution in [0, 0.1) is 0 Å². The van der Waals surface area contributed by atoms with E-state index in [1.165, 1.54) is 0 Å². The van der Waals surface area contributed by atoms with Crippen molar-refractivity contribution in [1.29, 1.82) is 0 Å². The number of halogens is 1. The van der Waals surface area contributed by atoms with Crippen LogP contribution >= 0.6 is 24.0 Å². The first-order valence-electron chi connectivity index (χ1n) is 7.21. The van der Waals surface area contributed by atoms with E-state index in [-0.39, 0.29) is 42.6 Å². The van der Waals surface area contributed by atoms with Crippen LogP contribution in [0.5, 0.6) is 5.75 Å². The monoisotopic (exact) mass is 435 g/mol. The topological polar surface area (TPSA) is 85.9 Å². The number of esters is 1. The van der Waals surface area contributed by atoms with Crippen molar-refractivity contribution in [2.75, 3.05) is 11.9 Å². The van der Waals surface area contributed by atoms with Crippen molar-refractivity contribution in [3.8, 4) is 5.75 Å². The van der Waals surface area contributed by atoms with E-state index >= 15 is 0 Å². The minimum absolute atomic E-state index is 0. The van der Waals surface area contributed by atoms with Gasteiger partial charge in [0.25, 0.3) is 0 Å². The van der Waals surface area contributed by atoms with Crippen molar-refractivity contribution in [3.05, 3.63) is 24.3 Å². The number of hydrogen-bond donors (Lipinski definition) is 2. The molecule has 0 fully saturated rings. The first kappa shape index (κ1) is 21.5. The van der Waals surface area contributed by atoms with Gasteiger partial charge in [0.2, 0.25) is 0 Å². The minimum Gasteiger partial charge on any atom is -0.491 e. The Morgan fingerprint density at radius 2 is 1.83 bits per heavy atom. The summed E-state index contributed by atoms with van der Waals surface area (Å²) in [4.78, 5) is 15.5. The van der Waals surface area contributed by atoms with E-state index in [1.54, 1.807) is 20.8 Å². The Morgan fingerprint density at radius 1 is 1.26 bits per heavy atom. The van der Waals surface area contributed by atoms with Crippen LogP contribution in [0.2, 0.25) is 0 Å². The lowest BCUT2D eigenvalue weighted by molar-refractivity contribution is -0.152. The smallest absolute Gasteiger partial charge is 0.328 e. The van der Waals surface area contributed by atoms with Gasteiger partial charge in [0.1, 0.15) is 17.9 Å². The van der Waals surface area contributed by atoms with Gasteiger partial charge in [-0.2, -0.15) is 0 Å². The van der Waals surface area contributed by atoms with Gasteiger partial charge in [-0.15, -0.1) is 24.0 Å².